The Hall–Kier alpha value is -0.890. The fourth-order valence-electron chi connectivity index (χ4n) is 1.29. The third-order valence-electron chi connectivity index (χ3n) is 1.99. The van der Waals surface area contributed by atoms with Crippen LogP contribution >= 0.6 is 27.5 Å². The van der Waals surface area contributed by atoms with Crippen molar-refractivity contribution < 1.29 is 27.5 Å². The third-order valence-corrected chi connectivity index (χ3v) is 2.57. The van der Waals surface area contributed by atoms with Gasteiger partial charge in [0.25, 0.3) is 0 Å². The Balaban J connectivity index is 3.64. The van der Waals surface area contributed by atoms with Crippen molar-refractivity contribution in [3.05, 3.63) is 28.6 Å². The minimum Gasteiger partial charge on any atom is -0.478 e. The summed E-state index contributed by atoms with van der Waals surface area (Å²) in [6, 6.07) is 0.699. The van der Waals surface area contributed by atoms with E-state index in [4.69, 9.17) is 5.11 Å². The predicted octanol–water partition coefficient (Wildman–Crippen LogP) is 3.82. The van der Waals surface area contributed by atoms with Crippen molar-refractivity contribution in [3.63, 3.8) is 0 Å². The van der Waals surface area contributed by atoms with Crippen LogP contribution in [0.1, 0.15) is 27.3 Å². The van der Waals surface area contributed by atoms with E-state index >= 15 is 0 Å². The molecule has 0 aliphatic carbocycles. The van der Waals surface area contributed by atoms with Gasteiger partial charge in [-0.15, -0.1) is 0 Å². The Morgan fingerprint density at radius 2 is 1.94 bits per heavy atom. The molecule has 1 N–H and O–H groups in total. The summed E-state index contributed by atoms with van der Waals surface area (Å²) in [5, 5.41) is 4.61. The van der Waals surface area contributed by atoms with Crippen LogP contribution in [-0.2, 0) is 10.2 Å². The quantitative estimate of drug-likeness (QED) is 0.666. The zero-order chi connectivity index (χ0) is 14.3. The molecule has 0 spiro atoms. The maximum atomic E-state index is 13.0. The maximum absolute atomic E-state index is 13.0. The van der Waals surface area contributed by atoms with Crippen molar-refractivity contribution in [2.75, 3.05) is 0 Å². The van der Waals surface area contributed by atoms with E-state index in [-0.39, 0.29) is 5.56 Å². The van der Waals surface area contributed by atoms with Crippen LogP contribution in [0.25, 0.3) is 0 Å². The molecule has 0 aliphatic rings. The Bertz CT molecular complexity index is 499. The number of carboxylic acids is 1. The van der Waals surface area contributed by atoms with Crippen molar-refractivity contribution in [2.45, 2.75) is 17.1 Å². The van der Waals surface area contributed by atoms with Crippen molar-refractivity contribution in [2.24, 2.45) is 0 Å². The molecule has 0 fully saturated rings. The summed E-state index contributed by atoms with van der Waals surface area (Å²) in [7, 11) is 0. The van der Waals surface area contributed by atoms with Crippen LogP contribution in [0.15, 0.2) is 6.07 Å². The first kappa shape index (κ1) is 15.2. The number of rotatable bonds is 3. The topological polar surface area (TPSA) is 50.2 Å². The van der Waals surface area contributed by atoms with E-state index in [0.717, 1.165) is 6.92 Å². The summed E-state index contributed by atoms with van der Waals surface area (Å²) in [4.78, 5) is 10.1. The number of hydrogen-bond acceptors (Lipinski definition) is 2. The SMILES string of the molecule is Cc1cc(C(F)(F)Br)nc(C(F)(F)Cl)c1C(=O)O. The van der Waals surface area contributed by atoms with Gasteiger partial charge in [0.2, 0.25) is 0 Å². The first-order valence-electron chi connectivity index (χ1n) is 4.34. The van der Waals surface area contributed by atoms with Crippen LogP contribution in [-0.4, -0.2) is 16.1 Å². The highest BCUT2D eigenvalue weighted by Crippen LogP contribution is 2.39. The van der Waals surface area contributed by atoms with Crippen molar-refractivity contribution >= 4 is 33.5 Å². The fourth-order valence-corrected chi connectivity index (χ4v) is 1.63. The molecule has 18 heavy (non-hydrogen) atoms. The highest BCUT2D eigenvalue weighted by atomic mass is 79.9. The largest absolute Gasteiger partial charge is 0.478 e. The van der Waals surface area contributed by atoms with Crippen molar-refractivity contribution in [1.29, 1.82) is 0 Å². The van der Waals surface area contributed by atoms with E-state index in [1.807, 2.05) is 15.9 Å². The van der Waals surface area contributed by atoms with E-state index < -0.39 is 33.1 Å². The number of alkyl halides is 6. The molecule has 0 aromatic carbocycles. The lowest BCUT2D eigenvalue weighted by molar-refractivity contribution is 0.0636. The first-order chi connectivity index (χ1) is 7.94. The lowest BCUT2D eigenvalue weighted by atomic mass is 10.1. The summed E-state index contributed by atoms with van der Waals surface area (Å²) >= 11 is 6.63. The van der Waals surface area contributed by atoms with E-state index in [1.165, 1.54) is 0 Å². The van der Waals surface area contributed by atoms with Gasteiger partial charge < -0.3 is 5.11 Å². The Labute approximate surface area is 112 Å². The van der Waals surface area contributed by atoms with Gasteiger partial charge >= 0.3 is 16.2 Å². The summed E-state index contributed by atoms with van der Waals surface area (Å²) in [6.45, 7) is 1.10. The molecule has 1 rings (SSSR count). The molecule has 0 atom stereocenters. The third kappa shape index (κ3) is 3.11. The van der Waals surface area contributed by atoms with Gasteiger partial charge in [-0.3, -0.25) is 0 Å². The van der Waals surface area contributed by atoms with Gasteiger partial charge in [-0.05, 0) is 46.1 Å². The molecule has 0 saturated carbocycles. The molecule has 0 radical (unpaired) electrons. The number of halogens is 6. The Kier molecular flexibility index (Phi) is 3.92. The van der Waals surface area contributed by atoms with Gasteiger partial charge in [0.05, 0.1) is 5.56 Å². The predicted molar refractivity (Wildman–Crippen MR) is 58.5 cm³/mol. The van der Waals surface area contributed by atoms with Crippen LogP contribution < -0.4 is 0 Å². The molecule has 0 aliphatic heterocycles. The number of nitrogens with zero attached hydrogens (tertiary/aromatic N) is 1. The average Bonchev–Trinajstić information content (AvgIpc) is 2.12. The van der Waals surface area contributed by atoms with E-state index in [1.54, 1.807) is 0 Å². The van der Waals surface area contributed by atoms with Gasteiger partial charge in [0.1, 0.15) is 11.4 Å². The van der Waals surface area contributed by atoms with E-state index in [9.17, 15) is 22.4 Å². The van der Waals surface area contributed by atoms with E-state index in [0.29, 0.717) is 6.07 Å². The van der Waals surface area contributed by atoms with Crippen molar-refractivity contribution in [3.8, 4) is 0 Å². The molecule has 100 valence electrons. The van der Waals surface area contributed by atoms with Gasteiger partial charge in [0, 0.05) is 0 Å². The zero-order valence-electron chi connectivity index (χ0n) is 8.65. The molecule has 0 bridgehead atoms. The summed E-state index contributed by atoms with van der Waals surface area (Å²) in [5.41, 5.74) is -3.64. The van der Waals surface area contributed by atoms with Gasteiger partial charge in [0.15, 0.2) is 0 Å². The highest BCUT2D eigenvalue weighted by molar-refractivity contribution is 9.09. The Morgan fingerprint density at radius 3 is 2.28 bits per heavy atom. The maximum Gasteiger partial charge on any atom is 0.365 e. The highest BCUT2D eigenvalue weighted by Gasteiger charge is 2.39. The minimum absolute atomic E-state index is 0.290. The molecular formula is C9H5BrClF4NO2. The second-order valence-electron chi connectivity index (χ2n) is 3.35. The van der Waals surface area contributed by atoms with Crippen LogP contribution in [0.2, 0.25) is 0 Å². The summed E-state index contributed by atoms with van der Waals surface area (Å²) in [5.74, 6) is -1.72. The number of aromatic nitrogens is 1. The first-order valence-corrected chi connectivity index (χ1v) is 5.51. The molecular weight excluding hydrogens is 345 g/mol. The van der Waals surface area contributed by atoms with Gasteiger partial charge in [-0.25, -0.2) is 9.78 Å². The smallest absolute Gasteiger partial charge is 0.365 e. The minimum atomic E-state index is -4.16. The normalized spacial score (nSPS) is 12.6. The van der Waals surface area contributed by atoms with Crippen LogP contribution in [0.4, 0.5) is 17.6 Å². The fraction of sp³-hybridized carbons (Fsp3) is 0.333. The van der Waals surface area contributed by atoms with Gasteiger partial charge in [-0.1, -0.05) is 0 Å². The lowest BCUT2D eigenvalue weighted by Crippen LogP contribution is -2.20. The number of aromatic carboxylic acids is 1. The standard InChI is InChI=1S/C9H5BrClF4NO2/c1-3-2-4(8(10,12)13)16-6(9(11,14)15)5(3)7(17)18/h2H,1H3,(H,17,18). The number of aryl methyl sites for hydroxylation is 1. The molecule has 0 amide bonds. The van der Waals surface area contributed by atoms with Crippen molar-refractivity contribution in [1.82, 2.24) is 4.98 Å². The average molecular weight is 350 g/mol. The zero-order valence-corrected chi connectivity index (χ0v) is 11.0. The molecule has 1 aromatic rings. The van der Waals surface area contributed by atoms with Crippen LogP contribution in [0.5, 0.6) is 0 Å². The molecule has 1 heterocycles. The summed E-state index contributed by atoms with van der Waals surface area (Å²) in [6.07, 6.45) is 0. The van der Waals surface area contributed by atoms with E-state index in [2.05, 4.69) is 16.6 Å². The lowest BCUT2D eigenvalue weighted by Gasteiger charge is -2.16. The molecule has 9 heteroatoms. The number of pyridine rings is 1. The number of carboxylic acid groups (broad SMARTS) is 1. The second-order valence-corrected chi connectivity index (χ2v) is 4.82. The molecule has 0 unspecified atom stereocenters. The Morgan fingerprint density at radius 1 is 1.44 bits per heavy atom. The van der Waals surface area contributed by atoms with Crippen LogP contribution in [0.3, 0.4) is 0 Å². The second kappa shape index (κ2) is 4.65. The molecule has 0 saturated heterocycles. The van der Waals surface area contributed by atoms with Gasteiger partial charge in [-0.2, -0.15) is 17.6 Å². The number of carbonyl (C=O) groups is 1. The summed E-state index contributed by atoms with van der Waals surface area (Å²) < 4.78 is 51.9. The molecule has 3 nitrogen and oxygen atoms in total. The molecule has 1 aromatic heterocycles. The van der Waals surface area contributed by atoms with Crippen LogP contribution in [0, 0.1) is 6.92 Å². The monoisotopic (exact) mass is 349 g/mol. The number of hydrogen-bond donors (Lipinski definition) is 1.